The van der Waals surface area contributed by atoms with Gasteiger partial charge in [0.1, 0.15) is 11.4 Å². The van der Waals surface area contributed by atoms with Gasteiger partial charge in [-0.2, -0.15) is 0 Å². The van der Waals surface area contributed by atoms with E-state index in [-0.39, 0.29) is 17.3 Å². The van der Waals surface area contributed by atoms with Gasteiger partial charge in [-0.05, 0) is 18.6 Å². The second kappa shape index (κ2) is 7.42. The molecule has 0 atom stereocenters. The zero-order valence-corrected chi connectivity index (χ0v) is 10.6. The fourth-order valence-corrected chi connectivity index (χ4v) is 1.54. The second-order valence-corrected chi connectivity index (χ2v) is 4.09. The molecule has 98 valence electrons. The van der Waals surface area contributed by atoms with Gasteiger partial charge in [0.15, 0.2) is 0 Å². The van der Waals surface area contributed by atoms with Gasteiger partial charge in [0, 0.05) is 6.54 Å². The van der Waals surface area contributed by atoms with Crippen LogP contribution in [0, 0.1) is 0 Å². The zero-order chi connectivity index (χ0) is 13.4. The highest BCUT2D eigenvalue weighted by Crippen LogP contribution is 2.00. The van der Waals surface area contributed by atoms with Crippen molar-refractivity contribution in [2.75, 3.05) is 6.54 Å². The number of pyridine rings is 1. The number of nitrogens with two attached hydrogens (primary N) is 1. The summed E-state index contributed by atoms with van der Waals surface area (Å²) in [4.78, 5) is 26.6. The molecule has 1 aromatic rings. The number of hydrogen-bond donors (Lipinski definition) is 2. The van der Waals surface area contributed by atoms with Gasteiger partial charge in [-0.25, -0.2) is 4.98 Å². The molecule has 18 heavy (non-hydrogen) atoms. The van der Waals surface area contributed by atoms with Crippen LogP contribution in [0.25, 0.3) is 0 Å². The first-order valence-corrected chi connectivity index (χ1v) is 6.20. The topological polar surface area (TPSA) is 85.1 Å². The highest BCUT2D eigenvalue weighted by molar-refractivity contribution is 5.95. The zero-order valence-electron chi connectivity index (χ0n) is 10.6. The Morgan fingerprint density at radius 3 is 2.61 bits per heavy atom. The molecule has 0 aliphatic rings. The Morgan fingerprint density at radius 1 is 1.22 bits per heavy atom. The molecule has 0 unspecified atom stereocenters. The summed E-state index contributed by atoms with van der Waals surface area (Å²) in [5.74, 6) is -0.901. The average molecular weight is 249 g/mol. The van der Waals surface area contributed by atoms with Crippen molar-refractivity contribution in [1.82, 2.24) is 10.3 Å². The molecular formula is C13H19N3O2. The van der Waals surface area contributed by atoms with Gasteiger partial charge in [-0.3, -0.25) is 9.59 Å². The highest BCUT2D eigenvalue weighted by atomic mass is 16.2. The van der Waals surface area contributed by atoms with Gasteiger partial charge < -0.3 is 11.1 Å². The van der Waals surface area contributed by atoms with Crippen molar-refractivity contribution in [3.63, 3.8) is 0 Å². The SMILES string of the molecule is CCCCCCNC(=O)c1cccc(C(N)=O)n1. The van der Waals surface area contributed by atoms with E-state index in [4.69, 9.17) is 5.73 Å². The molecule has 5 nitrogen and oxygen atoms in total. The molecule has 1 rings (SSSR count). The van der Waals surface area contributed by atoms with Crippen molar-refractivity contribution in [3.8, 4) is 0 Å². The van der Waals surface area contributed by atoms with Crippen molar-refractivity contribution in [1.29, 1.82) is 0 Å². The Morgan fingerprint density at radius 2 is 1.94 bits per heavy atom. The van der Waals surface area contributed by atoms with E-state index >= 15 is 0 Å². The predicted molar refractivity (Wildman–Crippen MR) is 69.2 cm³/mol. The third-order valence-corrected chi connectivity index (χ3v) is 2.55. The van der Waals surface area contributed by atoms with Crippen molar-refractivity contribution in [2.45, 2.75) is 32.6 Å². The molecule has 0 bridgehead atoms. The number of nitrogens with zero attached hydrogens (tertiary/aromatic N) is 1. The van der Waals surface area contributed by atoms with E-state index in [0.717, 1.165) is 19.3 Å². The third kappa shape index (κ3) is 4.53. The van der Waals surface area contributed by atoms with Crippen molar-refractivity contribution < 1.29 is 9.59 Å². The number of unbranched alkanes of at least 4 members (excludes halogenated alkanes) is 3. The van der Waals surface area contributed by atoms with Crippen LogP contribution in [0.5, 0.6) is 0 Å². The Balaban J connectivity index is 2.46. The fourth-order valence-electron chi connectivity index (χ4n) is 1.54. The Labute approximate surface area is 107 Å². The lowest BCUT2D eigenvalue weighted by Gasteiger charge is -2.05. The van der Waals surface area contributed by atoms with Gasteiger partial charge in [-0.15, -0.1) is 0 Å². The van der Waals surface area contributed by atoms with E-state index in [1.54, 1.807) is 12.1 Å². The van der Waals surface area contributed by atoms with Gasteiger partial charge in [-0.1, -0.05) is 32.3 Å². The van der Waals surface area contributed by atoms with Crippen LogP contribution < -0.4 is 11.1 Å². The molecule has 5 heteroatoms. The molecule has 1 aromatic heterocycles. The summed E-state index contributed by atoms with van der Waals surface area (Å²) < 4.78 is 0. The molecule has 0 fully saturated rings. The van der Waals surface area contributed by atoms with E-state index in [1.807, 2.05) is 0 Å². The first-order valence-electron chi connectivity index (χ1n) is 6.20. The number of nitrogens with one attached hydrogen (secondary N) is 1. The number of rotatable bonds is 7. The number of hydrogen-bond acceptors (Lipinski definition) is 3. The van der Waals surface area contributed by atoms with Crippen molar-refractivity contribution in [2.24, 2.45) is 5.73 Å². The molecule has 2 amide bonds. The van der Waals surface area contributed by atoms with Crippen LogP contribution in [-0.2, 0) is 0 Å². The average Bonchev–Trinajstić information content (AvgIpc) is 2.38. The van der Waals surface area contributed by atoms with Crippen LogP contribution >= 0.6 is 0 Å². The summed E-state index contributed by atoms with van der Waals surface area (Å²) >= 11 is 0. The van der Waals surface area contributed by atoms with Gasteiger partial charge in [0.2, 0.25) is 0 Å². The minimum absolute atomic E-state index is 0.105. The van der Waals surface area contributed by atoms with Crippen LogP contribution in [0.15, 0.2) is 18.2 Å². The second-order valence-electron chi connectivity index (χ2n) is 4.09. The quantitative estimate of drug-likeness (QED) is 0.718. The summed E-state index contributed by atoms with van der Waals surface area (Å²) in [7, 11) is 0. The maximum Gasteiger partial charge on any atom is 0.269 e. The molecule has 0 radical (unpaired) electrons. The molecule has 3 N–H and O–H groups in total. The number of aromatic nitrogens is 1. The monoisotopic (exact) mass is 249 g/mol. The van der Waals surface area contributed by atoms with E-state index in [9.17, 15) is 9.59 Å². The standard InChI is InChI=1S/C13H19N3O2/c1-2-3-4-5-9-15-13(18)11-8-6-7-10(16-11)12(14)17/h6-8H,2-5,9H2,1H3,(H2,14,17)(H,15,18). The minimum atomic E-state index is -0.632. The van der Waals surface area contributed by atoms with Gasteiger partial charge >= 0.3 is 0 Å². The number of carbonyl (C=O) groups excluding carboxylic acids is 2. The lowest BCUT2D eigenvalue weighted by atomic mass is 10.2. The molecule has 0 saturated carbocycles. The largest absolute Gasteiger partial charge is 0.364 e. The van der Waals surface area contributed by atoms with Crippen LogP contribution in [0.4, 0.5) is 0 Å². The number of amides is 2. The highest BCUT2D eigenvalue weighted by Gasteiger charge is 2.09. The molecule has 0 spiro atoms. The third-order valence-electron chi connectivity index (χ3n) is 2.55. The fraction of sp³-hybridized carbons (Fsp3) is 0.462. The number of primary amides is 1. The predicted octanol–water partition coefficient (Wildman–Crippen LogP) is 1.49. The van der Waals surface area contributed by atoms with E-state index < -0.39 is 5.91 Å². The maximum atomic E-state index is 11.7. The lowest BCUT2D eigenvalue weighted by Crippen LogP contribution is -2.26. The minimum Gasteiger partial charge on any atom is -0.364 e. The molecule has 0 aliphatic carbocycles. The Hall–Kier alpha value is -1.91. The number of carbonyl (C=O) groups is 2. The molecule has 0 aliphatic heterocycles. The molecule has 0 aromatic carbocycles. The summed E-state index contributed by atoms with van der Waals surface area (Å²) in [6.07, 6.45) is 4.39. The first-order chi connectivity index (χ1) is 8.65. The van der Waals surface area contributed by atoms with E-state index in [2.05, 4.69) is 17.2 Å². The summed E-state index contributed by atoms with van der Waals surface area (Å²) in [5, 5.41) is 2.77. The molecule has 1 heterocycles. The molecular weight excluding hydrogens is 230 g/mol. The maximum absolute atomic E-state index is 11.7. The molecule has 0 saturated heterocycles. The van der Waals surface area contributed by atoms with Crippen LogP contribution in [-0.4, -0.2) is 23.3 Å². The Kier molecular flexibility index (Phi) is 5.84. The summed E-state index contributed by atoms with van der Waals surface area (Å²) in [6, 6.07) is 4.65. The van der Waals surface area contributed by atoms with Crippen LogP contribution in [0.1, 0.15) is 53.6 Å². The van der Waals surface area contributed by atoms with Crippen molar-refractivity contribution >= 4 is 11.8 Å². The first kappa shape index (κ1) is 14.2. The normalized spacial score (nSPS) is 10.1. The van der Waals surface area contributed by atoms with Gasteiger partial charge in [0.05, 0.1) is 0 Å². The Bertz CT molecular complexity index is 418. The van der Waals surface area contributed by atoms with Gasteiger partial charge in [0.25, 0.3) is 11.8 Å². The lowest BCUT2D eigenvalue weighted by molar-refractivity contribution is 0.0947. The van der Waals surface area contributed by atoms with Crippen molar-refractivity contribution in [3.05, 3.63) is 29.6 Å². The van der Waals surface area contributed by atoms with Crippen LogP contribution in [0.2, 0.25) is 0 Å². The summed E-state index contributed by atoms with van der Waals surface area (Å²) in [5.41, 5.74) is 5.43. The smallest absolute Gasteiger partial charge is 0.269 e. The summed E-state index contributed by atoms with van der Waals surface area (Å²) in [6.45, 7) is 2.76. The van der Waals surface area contributed by atoms with E-state index in [1.165, 1.54) is 12.5 Å². The van der Waals surface area contributed by atoms with E-state index in [0.29, 0.717) is 6.54 Å². The van der Waals surface area contributed by atoms with Crippen LogP contribution in [0.3, 0.4) is 0 Å².